The van der Waals surface area contributed by atoms with Crippen molar-refractivity contribution in [2.24, 2.45) is 0 Å². The summed E-state index contributed by atoms with van der Waals surface area (Å²) in [6.45, 7) is 3.16. The van der Waals surface area contributed by atoms with Gasteiger partial charge in [0.1, 0.15) is 5.52 Å². The molecule has 9 heteroatoms. The number of carbonyl (C=O) groups excluding carboxylic acids is 2. The van der Waals surface area contributed by atoms with E-state index in [1.165, 1.54) is 0 Å². The monoisotopic (exact) mass is 370 g/mol. The predicted octanol–water partition coefficient (Wildman–Crippen LogP) is 0.632. The molecule has 5 rings (SSSR count). The lowest BCUT2D eigenvalue weighted by Crippen LogP contribution is -2.70. The second kappa shape index (κ2) is 5.91. The van der Waals surface area contributed by atoms with Crippen molar-refractivity contribution < 1.29 is 14.3 Å². The molecule has 142 valence electrons. The number of carbonyl (C=O) groups is 2. The van der Waals surface area contributed by atoms with Crippen molar-refractivity contribution in [2.45, 2.75) is 24.4 Å². The molecular formula is C18H22N6O3. The minimum Gasteiger partial charge on any atom is -0.381 e. The van der Waals surface area contributed by atoms with E-state index in [2.05, 4.69) is 19.9 Å². The van der Waals surface area contributed by atoms with Crippen LogP contribution in [-0.2, 0) is 4.74 Å². The predicted molar refractivity (Wildman–Crippen MR) is 96.4 cm³/mol. The van der Waals surface area contributed by atoms with E-state index < -0.39 is 0 Å². The third-order valence-corrected chi connectivity index (χ3v) is 6.09. The molecule has 3 aliphatic heterocycles. The lowest BCUT2D eigenvalue weighted by molar-refractivity contribution is 0.00775. The van der Waals surface area contributed by atoms with Crippen molar-refractivity contribution in [3.8, 4) is 0 Å². The van der Waals surface area contributed by atoms with Crippen LogP contribution in [0.1, 0.15) is 29.2 Å². The molecule has 27 heavy (non-hydrogen) atoms. The number of pyridine rings is 1. The normalized spacial score (nSPS) is 22.3. The molecular weight excluding hydrogens is 348 g/mol. The Bertz CT molecular complexity index is 913. The third kappa shape index (κ3) is 2.48. The molecule has 0 atom stereocenters. The zero-order valence-corrected chi connectivity index (χ0v) is 15.2. The first-order valence-electron chi connectivity index (χ1n) is 9.29. The maximum Gasteiger partial charge on any atom is 0.317 e. The SMILES string of the molecule is CN1C(=O)NCC12CN(C(=O)c1cnc3c(c1)ncn3C1CCOCC1)C2. The average molecular weight is 370 g/mol. The van der Waals surface area contributed by atoms with Crippen LogP contribution in [0, 0.1) is 0 Å². The number of nitrogens with one attached hydrogen (secondary N) is 1. The Labute approximate surface area is 156 Å². The van der Waals surface area contributed by atoms with E-state index in [4.69, 9.17) is 4.74 Å². The molecule has 1 spiro atoms. The fraction of sp³-hybridized carbons (Fsp3) is 0.556. The molecule has 3 fully saturated rings. The minimum atomic E-state index is -0.269. The van der Waals surface area contributed by atoms with Gasteiger partial charge in [-0.3, -0.25) is 4.79 Å². The zero-order chi connectivity index (χ0) is 18.6. The Morgan fingerprint density at radius 2 is 2.07 bits per heavy atom. The highest BCUT2D eigenvalue weighted by atomic mass is 16.5. The second-order valence-electron chi connectivity index (χ2n) is 7.67. The van der Waals surface area contributed by atoms with Gasteiger partial charge in [-0.25, -0.2) is 14.8 Å². The Morgan fingerprint density at radius 1 is 1.30 bits per heavy atom. The summed E-state index contributed by atoms with van der Waals surface area (Å²) < 4.78 is 7.52. The first-order valence-corrected chi connectivity index (χ1v) is 9.29. The summed E-state index contributed by atoms with van der Waals surface area (Å²) in [5.74, 6) is -0.0663. The highest BCUT2D eigenvalue weighted by Gasteiger charge is 2.53. The number of fused-ring (bicyclic) bond motifs is 1. The van der Waals surface area contributed by atoms with E-state index in [0.29, 0.717) is 31.2 Å². The largest absolute Gasteiger partial charge is 0.381 e. The topological polar surface area (TPSA) is 92.6 Å². The summed E-state index contributed by atoms with van der Waals surface area (Å²) in [5.41, 5.74) is 1.81. The first kappa shape index (κ1) is 16.5. The number of rotatable bonds is 2. The summed E-state index contributed by atoms with van der Waals surface area (Å²) in [6, 6.07) is 2.08. The number of aromatic nitrogens is 3. The van der Waals surface area contributed by atoms with Crippen LogP contribution in [0.2, 0.25) is 0 Å². The van der Waals surface area contributed by atoms with Crippen molar-refractivity contribution >= 4 is 23.1 Å². The van der Waals surface area contributed by atoms with Gasteiger partial charge in [0.25, 0.3) is 5.91 Å². The van der Waals surface area contributed by atoms with Gasteiger partial charge < -0.3 is 24.4 Å². The number of likely N-dealkylation sites (N-methyl/N-ethyl adjacent to an activating group) is 1. The average Bonchev–Trinajstić information content (AvgIpc) is 3.22. The number of amides is 3. The van der Waals surface area contributed by atoms with Crippen LogP contribution in [0.15, 0.2) is 18.6 Å². The molecule has 0 saturated carbocycles. The summed E-state index contributed by atoms with van der Waals surface area (Å²) in [4.78, 5) is 37.0. The second-order valence-corrected chi connectivity index (χ2v) is 7.67. The Balaban J connectivity index is 1.34. The Kier molecular flexibility index (Phi) is 3.61. The molecule has 3 saturated heterocycles. The number of imidazole rings is 1. The Morgan fingerprint density at radius 3 is 2.78 bits per heavy atom. The van der Waals surface area contributed by atoms with Crippen LogP contribution in [0.25, 0.3) is 11.2 Å². The third-order valence-electron chi connectivity index (χ3n) is 6.09. The van der Waals surface area contributed by atoms with E-state index in [9.17, 15) is 9.59 Å². The van der Waals surface area contributed by atoms with Gasteiger partial charge in [0.2, 0.25) is 0 Å². The Hall–Kier alpha value is -2.68. The standard InChI is InChI=1S/C18H22N6O3/c1-22-17(26)20-8-18(22)9-23(10-18)16(25)12-6-14-15(19-7-12)24(11-21-14)13-2-4-27-5-3-13/h6-7,11,13H,2-5,8-10H2,1H3,(H,20,26). The minimum absolute atomic E-state index is 0.0663. The van der Waals surface area contributed by atoms with Gasteiger partial charge in [-0.2, -0.15) is 0 Å². The van der Waals surface area contributed by atoms with Gasteiger partial charge in [-0.1, -0.05) is 0 Å². The molecule has 3 aliphatic rings. The van der Waals surface area contributed by atoms with E-state index in [0.717, 1.165) is 37.2 Å². The zero-order valence-electron chi connectivity index (χ0n) is 15.2. The summed E-state index contributed by atoms with van der Waals surface area (Å²) >= 11 is 0. The number of ether oxygens (including phenoxy) is 1. The van der Waals surface area contributed by atoms with Crippen LogP contribution in [0.4, 0.5) is 4.79 Å². The van der Waals surface area contributed by atoms with Crippen molar-refractivity contribution in [3.05, 3.63) is 24.2 Å². The number of nitrogens with zero attached hydrogens (tertiary/aromatic N) is 5. The van der Waals surface area contributed by atoms with Crippen molar-refractivity contribution in [3.63, 3.8) is 0 Å². The van der Waals surface area contributed by atoms with Crippen molar-refractivity contribution in [2.75, 3.05) is 39.9 Å². The number of hydrogen-bond acceptors (Lipinski definition) is 5. The molecule has 9 nitrogen and oxygen atoms in total. The number of hydrogen-bond donors (Lipinski definition) is 1. The van der Waals surface area contributed by atoms with E-state index in [1.54, 1.807) is 23.0 Å². The van der Waals surface area contributed by atoms with Crippen LogP contribution >= 0.6 is 0 Å². The molecule has 0 radical (unpaired) electrons. The molecule has 1 N–H and O–H groups in total. The highest BCUT2D eigenvalue weighted by molar-refractivity contribution is 5.97. The number of likely N-dealkylation sites (tertiary alicyclic amines) is 1. The van der Waals surface area contributed by atoms with Crippen LogP contribution < -0.4 is 5.32 Å². The molecule has 2 aromatic rings. The maximum atomic E-state index is 12.8. The van der Waals surface area contributed by atoms with E-state index >= 15 is 0 Å². The quantitative estimate of drug-likeness (QED) is 0.837. The van der Waals surface area contributed by atoms with Gasteiger partial charge >= 0.3 is 6.03 Å². The van der Waals surface area contributed by atoms with Crippen LogP contribution in [0.5, 0.6) is 0 Å². The van der Waals surface area contributed by atoms with Crippen molar-refractivity contribution in [1.82, 2.24) is 29.7 Å². The van der Waals surface area contributed by atoms with Gasteiger partial charge in [-0.15, -0.1) is 0 Å². The lowest BCUT2D eigenvalue weighted by Gasteiger charge is -2.50. The molecule has 0 aromatic carbocycles. The molecule has 0 bridgehead atoms. The number of urea groups is 1. The summed E-state index contributed by atoms with van der Waals surface area (Å²) in [5, 5.41) is 2.83. The molecule has 0 aliphatic carbocycles. The fourth-order valence-electron chi connectivity index (χ4n) is 4.27. The smallest absolute Gasteiger partial charge is 0.317 e. The molecule has 3 amide bonds. The van der Waals surface area contributed by atoms with Gasteiger partial charge in [-0.05, 0) is 18.9 Å². The van der Waals surface area contributed by atoms with Gasteiger partial charge in [0.15, 0.2) is 5.65 Å². The van der Waals surface area contributed by atoms with E-state index in [-0.39, 0.29) is 17.5 Å². The lowest BCUT2D eigenvalue weighted by atomic mass is 9.89. The molecule has 5 heterocycles. The summed E-state index contributed by atoms with van der Waals surface area (Å²) in [6.07, 6.45) is 5.34. The van der Waals surface area contributed by atoms with Gasteiger partial charge in [0, 0.05) is 52.1 Å². The van der Waals surface area contributed by atoms with Crippen LogP contribution in [-0.4, -0.2) is 81.7 Å². The fourth-order valence-corrected chi connectivity index (χ4v) is 4.27. The van der Waals surface area contributed by atoms with E-state index in [1.807, 2.05) is 12.4 Å². The van der Waals surface area contributed by atoms with Crippen LogP contribution in [0.3, 0.4) is 0 Å². The van der Waals surface area contributed by atoms with Crippen molar-refractivity contribution in [1.29, 1.82) is 0 Å². The maximum absolute atomic E-state index is 12.8. The van der Waals surface area contributed by atoms with Gasteiger partial charge in [0.05, 0.1) is 17.4 Å². The first-order chi connectivity index (χ1) is 13.1. The highest BCUT2D eigenvalue weighted by Crippen LogP contribution is 2.31. The summed E-state index contributed by atoms with van der Waals surface area (Å²) in [7, 11) is 1.78. The molecule has 0 unspecified atom stereocenters. The molecule has 2 aromatic heterocycles.